The van der Waals surface area contributed by atoms with Gasteiger partial charge in [-0.2, -0.15) is 5.10 Å². The number of hydrazine groups is 1. The summed E-state index contributed by atoms with van der Waals surface area (Å²) in [6.07, 6.45) is 5.24. The summed E-state index contributed by atoms with van der Waals surface area (Å²) in [5, 5.41) is 7.81. The summed E-state index contributed by atoms with van der Waals surface area (Å²) in [6.45, 7) is 3.77. The van der Waals surface area contributed by atoms with Crippen molar-refractivity contribution in [3.8, 4) is 16.3 Å². The zero-order chi connectivity index (χ0) is 22.0. The minimum atomic E-state index is -0.181. The van der Waals surface area contributed by atoms with Crippen LogP contribution in [0.5, 0.6) is 0 Å². The lowest BCUT2D eigenvalue weighted by atomic mass is 10.1. The Hall–Kier alpha value is -1.38. The van der Waals surface area contributed by atoms with Gasteiger partial charge in [0.05, 0.1) is 25.1 Å². The van der Waals surface area contributed by atoms with Crippen molar-refractivity contribution in [2.45, 2.75) is 39.0 Å². The number of hydrogen-bond acceptors (Lipinski definition) is 4. The summed E-state index contributed by atoms with van der Waals surface area (Å²) in [7, 11) is 0. The van der Waals surface area contributed by atoms with Crippen molar-refractivity contribution < 1.29 is 4.79 Å². The Labute approximate surface area is 204 Å². The summed E-state index contributed by atoms with van der Waals surface area (Å²) < 4.78 is 2.78. The minimum Gasteiger partial charge on any atom is -0.283 e. The van der Waals surface area contributed by atoms with E-state index in [1.807, 2.05) is 30.1 Å². The van der Waals surface area contributed by atoms with Gasteiger partial charge in [-0.1, -0.05) is 43.0 Å². The van der Waals surface area contributed by atoms with Crippen molar-refractivity contribution in [3.05, 3.63) is 55.4 Å². The second kappa shape index (κ2) is 10.0. The van der Waals surface area contributed by atoms with Crippen LogP contribution in [0.3, 0.4) is 0 Å². The normalized spacial score (nSPS) is 15.1. The number of benzene rings is 1. The molecule has 1 saturated heterocycles. The van der Waals surface area contributed by atoms with E-state index < -0.39 is 0 Å². The van der Waals surface area contributed by atoms with Gasteiger partial charge in [-0.25, -0.2) is 9.69 Å². The first-order valence-electron chi connectivity index (χ1n) is 10.4. The summed E-state index contributed by atoms with van der Waals surface area (Å²) in [5.41, 5.74) is 5.97. The Kier molecular flexibility index (Phi) is 7.39. The highest BCUT2D eigenvalue weighted by atomic mass is 79.9. The number of thiophene rings is 1. The lowest BCUT2D eigenvalue weighted by Gasteiger charge is -2.20. The van der Waals surface area contributed by atoms with Gasteiger partial charge in [0.25, 0.3) is 5.91 Å². The van der Waals surface area contributed by atoms with Gasteiger partial charge in [0.1, 0.15) is 0 Å². The summed E-state index contributed by atoms with van der Waals surface area (Å²) in [6, 6.07) is 9.33. The molecule has 0 atom stereocenters. The van der Waals surface area contributed by atoms with Gasteiger partial charge in [0.15, 0.2) is 5.69 Å². The maximum Gasteiger partial charge on any atom is 0.286 e. The Bertz CT molecular complexity index is 1090. The summed E-state index contributed by atoms with van der Waals surface area (Å²) >= 11 is 17.8. The molecule has 2 aromatic heterocycles. The third-order valence-electron chi connectivity index (χ3n) is 5.36. The van der Waals surface area contributed by atoms with Crippen molar-refractivity contribution in [1.82, 2.24) is 20.2 Å². The third-order valence-corrected chi connectivity index (χ3v) is 7.53. The zero-order valence-corrected chi connectivity index (χ0v) is 21.0. The van der Waals surface area contributed by atoms with E-state index in [1.165, 1.54) is 12.8 Å². The maximum absolute atomic E-state index is 13.3. The fourth-order valence-electron chi connectivity index (χ4n) is 3.87. The predicted molar refractivity (Wildman–Crippen MR) is 131 cm³/mol. The highest BCUT2D eigenvalue weighted by Crippen LogP contribution is 2.38. The van der Waals surface area contributed by atoms with Crippen LogP contribution in [0.4, 0.5) is 0 Å². The number of amides is 1. The molecule has 1 fully saturated rings. The van der Waals surface area contributed by atoms with Crippen LogP contribution in [0.15, 0.2) is 34.1 Å². The number of nitrogens with zero attached hydrogens (tertiary/aromatic N) is 3. The van der Waals surface area contributed by atoms with Gasteiger partial charge in [0.2, 0.25) is 0 Å². The molecule has 1 aromatic carbocycles. The molecular formula is C22H23BrCl2N4OS. The van der Waals surface area contributed by atoms with E-state index in [4.69, 9.17) is 28.3 Å². The first-order valence-corrected chi connectivity index (χ1v) is 12.7. The molecule has 5 nitrogen and oxygen atoms in total. The second-order valence-electron chi connectivity index (χ2n) is 7.48. The fourth-order valence-corrected chi connectivity index (χ4v) is 5.80. The molecule has 0 bridgehead atoms. The van der Waals surface area contributed by atoms with Gasteiger partial charge >= 0.3 is 0 Å². The third kappa shape index (κ3) is 5.01. The first-order chi connectivity index (χ1) is 15.0. The smallest absolute Gasteiger partial charge is 0.283 e. The van der Waals surface area contributed by atoms with Crippen LogP contribution >= 0.6 is 50.5 Å². The van der Waals surface area contributed by atoms with Crippen molar-refractivity contribution in [3.63, 3.8) is 0 Å². The molecule has 3 aromatic rings. The SMILES string of the molecule is CCc1c(C(=O)NN2CCCCCC2)nn(-c2ccc(Cl)cc2Cl)c1-c1ccc(Br)s1. The van der Waals surface area contributed by atoms with Crippen LogP contribution in [-0.4, -0.2) is 33.8 Å². The van der Waals surface area contributed by atoms with Crippen LogP contribution < -0.4 is 5.43 Å². The van der Waals surface area contributed by atoms with Crippen molar-refractivity contribution >= 4 is 56.4 Å². The monoisotopic (exact) mass is 540 g/mol. The van der Waals surface area contributed by atoms with E-state index in [-0.39, 0.29) is 5.91 Å². The Morgan fingerprint density at radius 2 is 1.90 bits per heavy atom. The lowest BCUT2D eigenvalue weighted by Crippen LogP contribution is -2.43. The molecule has 0 saturated carbocycles. The maximum atomic E-state index is 13.3. The number of aromatic nitrogens is 2. The molecule has 164 valence electrons. The summed E-state index contributed by atoms with van der Waals surface area (Å²) in [4.78, 5) is 14.3. The van der Waals surface area contributed by atoms with E-state index in [0.717, 1.165) is 45.9 Å². The van der Waals surface area contributed by atoms with E-state index >= 15 is 0 Å². The average molecular weight is 542 g/mol. The number of hydrogen-bond donors (Lipinski definition) is 1. The predicted octanol–water partition coefficient (Wildman–Crippen LogP) is 6.75. The van der Waals surface area contributed by atoms with Gasteiger partial charge in [-0.05, 0) is 65.5 Å². The molecule has 0 aliphatic carbocycles. The number of halogens is 3. The first kappa shape index (κ1) is 22.8. The van der Waals surface area contributed by atoms with Crippen molar-refractivity contribution in [2.24, 2.45) is 0 Å². The Morgan fingerprint density at radius 1 is 1.16 bits per heavy atom. The zero-order valence-electron chi connectivity index (χ0n) is 17.1. The number of rotatable bonds is 5. The quantitative estimate of drug-likeness (QED) is 0.388. The Morgan fingerprint density at radius 3 is 2.52 bits per heavy atom. The topological polar surface area (TPSA) is 50.2 Å². The molecule has 1 aliphatic heterocycles. The van der Waals surface area contributed by atoms with Gasteiger partial charge in [-0.15, -0.1) is 11.3 Å². The summed E-state index contributed by atoms with van der Waals surface area (Å²) in [5.74, 6) is -0.181. The van der Waals surface area contributed by atoms with E-state index in [2.05, 4.69) is 21.4 Å². The molecule has 0 spiro atoms. The molecule has 3 heterocycles. The van der Waals surface area contributed by atoms with Gasteiger partial charge in [-0.3, -0.25) is 10.2 Å². The fraction of sp³-hybridized carbons (Fsp3) is 0.364. The molecule has 0 unspecified atom stereocenters. The van der Waals surface area contributed by atoms with E-state index in [0.29, 0.717) is 27.8 Å². The molecule has 9 heteroatoms. The van der Waals surface area contributed by atoms with Crippen molar-refractivity contribution in [1.29, 1.82) is 0 Å². The molecule has 31 heavy (non-hydrogen) atoms. The number of nitrogens with one attached hydrogen (secondary N) is 1. The highest BCUT2D eigenvalue weighted by molar-refractivity contribution is 9.11. The molecule has 1 amide bonds. The van der Waals surface area contributed by atoms with Crippen LogP contribution in [0, 0.1) is 0 Å². The number of carbonyl (C=O) groups excluding carboxylic acids is 1. The molecule has 1 aliphatic rings. The standard InChI is InChI=1S/C22H23BrCl2N4OS/c1-2-15-20(22(30)27-28-11-5-3-4-6-12-28)26-29(17-8-7-14(24)13-16(17)25)21(15)18-9-10-19(23)31-18/h7-10,13H,2-6,11-12H2,1H3,(H,27,30). The van der Waals surface area contributed by atoms with Crippen LogP contribution in [0.2, 0.25) is 10.0 Å². The minimum absolute atomic E-state index is 0.181. The van der Waals surface area contributed by atoms with Crippen LogP contribution in [0.25, 0.3) is 16.3 Å². The average Bonchev–Trinajstić information content (AvgIpc) is 3.23. The second-order valence-corrected chi connectivity index (χ2v) is 10.8. The number of carbonyl (C=O) groups is 1. The van der Waals surface area contributed by atoms with E-state index in [1.54, 1.807) is 28.2 Å². The molecule has 0 radical (unpaired) electrons. The van der Waals surface area contributed by atoms with Gasteiger partial charge < -0.3 is 0 Å². The van der Waals surface area contributed by atoms with Gasteiger partial charge in [0, 0.05) is 23.7 Å². The largest absolute Gasteiger partial charge is 0.286 e. The van der Waals surface area contributed by atoms with E-state index in [9.17, 15) is 4.79 Å². The van der Waals surface area contributed by atoms with Crippen molar-refractivity contribution in [2.75, 3.05) is 13.1 Å². The molecule has 1 N–H and O–H groups in total. The van der Waals surface area contributed by atoms with Crippen LogP contribution in [-0.2, 0) is 6.42 Å². The lowest BCUT2D eigenvalue weighted by molar-refractivity contribution is 0.0787. The highest BCUT2D eigenvalue weighted by Gasteiger charge is 2.26. The molecule has 4 rings (SSSR count). The Balaban J connectivity index is 1.80. The molecular weight excluding hydrogens is 519 g/mol. The van der Waals surface area contributed by atoms with Crippen LogP contribution in [0.1, 0.15) is 48.7 Å².